The molecule has 0 radical (unpaired) electrons. The number of hydrogen-bond donors (Lipinski definition) is 1. The summed E-state index contributed by atoms with van der Waals surface area (Å²) in [6, 6.07) is -0.159. The molecule has 0 aromatic carbocycles. The standard InChI is InChI=1S/C12H17F3N4O/c1-2-5-20-11-9(16)10(17-7-18-11)19(8-3-4-8)6-12(13,14)15/h7-8H,2-6,16H2,1H3. The molecule has 0 amide bonds. The molecule has 0 aliphatic heterocycles. The SMILES string of the molecule is CCCOc1ncnc(N(CC(F)(F)F)C2CC2)c1N. The van der Waals surface area contributed by atoms with Crippen LogP contribution >= 0.6 is 0 Å². The molecule has 112 valence electrons. The average molecular weight is 290 g/mol. The molecule has 2 rings (SSSR count). The maximum atomic E-state index is 12.7. The van der Waals surface area contributed by atoms with Gasteiger partial charge in [0.2, 0.25) is 5.88 Å². The molecule has 1 saturated carbocycles. The highest BCUT2D eigenvalue weighted by Gasteiger charge is 2.39. The van der Waals surface area contributed by atoms with Crippen LogP contribution in [0.4, 0.5) is 24.7 Å². The van der Waals surface area contributed by atoms with Crippen LogP contribution < -0.4 is 15.4 Å². The van der Waals surface area contributed by atoms with Crippen LogP contribution in [0.2, 0.25) is 0 Å². The van der Waals surface area contributed by atoms with Crippen LogP contribution in [0.5, 0.6) is 5.88 Å². The predicted molar refractivity (Wildman–Crippen MR) is 68.7 cm³/mol. The van der Waals surface area contributed by atoms with Crippen molar-refractivity contribution < 1.29 is 17.9 Å². The van der Waals surface area contributed by atoms with Gasteiger partial charge in [0.15, 0.2) is 5.82 Å². The second-order valence-electron chi connectivity index (χ2n) is 4.74. The number of nitrogens with two attached hydrogens (primary N) is 1. The van der Waals surface area contributed by atoms with Crippen LogP contribution in [-0.2, 0) is 0 Å². The van der Waals surface area contributed by atoms with Gasteiger partial charge in [0, 0.05) is 6.04 Å². The van der Waals surface area contributed by atoms with Crippen molar-refractivity contribution >= 4 is 11.5 Å². The molecule has 0 unspecified atom stereocenters. The quantitative estimate of drug-likeness (QED) is 0.871. The van der Waals surface area contributed by atoms with Gasteiger partial charge in [-0.15, -0.1) is 0 Å². The van der Waals surface area contributed by atoms with Crippen LogP contribution in [0.25, 0.3) is 0 Å². The van der Waals surface area contributed by atoms with Crippen molar-refractivity contribution in [3.05, 3.63) is 6.33 Å². The number of rotatable bonds is 6. The van der Waals surface area contributed by atoms with E-state index < -0.39 is 12.7 Å². The summed E-state index contributed by atoms with van der Waals surface area (Å²) in [4.78, 5) is 8.96. The monoisotopic (exact) mass is 290 g/mol. The van der Waals surface area contributed by atoms with Crippen LogP contribution in [0.3, 0.4) is 0 Å². The summed E-state index contributed by atoms with van der Waals surface area (Å²) in [6.07, 6.45) is -0.935. The number of nitrogens with zero attached hydrogens (tertiary/aromatic N) is 3. The first kappa shape index (κ1) is 14.7. The maximum absolute atomic E-state index is 12.7. The zero-order chi connectivity index (χ0) is 14.8. The van der Waals surface area contributed by atoms with E-state index in [1.807, 2.05) is 6.92 Å². The van der Waals surface area contributed by atoms with E-state index in [0.29, 0.717) is 19.4 Å². The molecule has 0 spiro atoms. The lowest BCUT2D eigenvalue weighted by Gasteiger charge is -2.26. The zero-order valence-corrected chi connectivity index (χ0v) is 11.2. The minimum atomic E-state index is -4.30. The fourth-order valence-corrected chi connectivity index (χ4v) is 1.87. The van der Waals surface area contributed by atoms with Gasteiger partial charge in [-0.25, -0.2) is 4.98 Å². The third-order valence-corrected chi connectivity index (χ3v) is 2.88. The van der Waals surface area contributed by atoms with E-state index in [4.69, 9.17) is 10.5 Å². The zero-order valence-electron chi connectivity index (χ0n) is 11.2. The molecule has 0 saturated heterocycles. The first-order valence-corrected chi connectivity index (χ1v) is 6.49. The topological polar surface area (TPSA) is 64.3 Å². The van der Waals surface area contributed by atoms with E-state index in [-0.39, 0.29) is 23.4 Å². The van der Waals surface area contributed by atoms with E-state index in [2.05, 4.69) is 9.97 Å². The van der Waals surface area contributed by atoms with Crippen molar-refractivity contribution in [2.75, 3.05) is 23.8 Å². The van der Waals surface area contributed by atoms with Crippen molar-refractivity contribution in [3.63, 3.8) is 0 Å². The number of halogens is 3. The smallest absolute Gasteiger partial charge is 0.405 e. The Kier molecular flexibility index (Phi) is 4.20. The van der Waals surface area contributed by atoms with E-state index in [0.717, 1.165) is 6.42 Å². The normalized spacial score (nSPS) is 15.2. The Labute approximate surface area is 114 Å². The summed E-state index contributed by atoms with van der Waals surface area (Å²) in [7, 11) is 0. The second-order valence-corrected chi connectivity index (χ2v) is 4.74. The molecule has 1 aliphatic rings. The molecule has 20 heavy (non-hydrogen) atoms. The fraction of sp³-hybridized carbons (Fsp3) is 0.667. The average Bonchev–Trinajstić information content (AvgIpc) is 3.18. The van der Waals surface area contributed by atoms with Gasteiger partial charge >= 0.3 is 6.18 Å². The lowest BCUT2D eigenvalue weighted by atomic mass is 10.3. The van der Waals surface area contributed by atoms with Gasteiger partial charge < -0.3 is 15.4 Å². The molecule has 1 fully saturated rings. The van der Waals surface area contributed by atoms with Crippen molar-refractivity contribution in [1.29, 1.82) is 0 Å². The van der Waals surface area contributed by atoms with E-state index in [1.54, 1.807) is 0 Å². The first-order chi connectivity index (χ1) is 9.42. The first-order valence-electron chi connectivity index (χ1n) is 6.49. The van der Waals surface area contributed by atoms with Gasteiger partial charge in [0.1, 0.15) is 18.6 Å². The molecule has 1 aromatic rings. The Bertz CT molecular complexity index is 463. The highest BCUT2D eigenvalue weighted by Crippen LogP contribution is 2.37. The molecule has 0 atom stereocenters. The second kappa shape index (κ2) is 5.72. The van der Waals surface area contributed by atoms with Gasteiger partial charge in [0.25, 0.3) is 0 Å². The summed E-state index contributed by atoms with van der Waals surface area (Å²) in [5.74, 6) is 0.246. The van der Waals surface area contributed by atoms with E-state index in [9.17, 15) is 13.2 Å². The third-order valence-electron chi connectivity index (χ3n) is 2.88. The van der Waals surface area contributed by atoms with Gasteiger partial charge in [0.05, 0.1) is 6.61 Å². The number of ether oxygens (including phenoxy) is 1. The molecular formula is C12H17F3N4O. The Morgan fingerprint density at radius 2 is 2.10 bits per heavy atom. The Morgan fingerprint density at radius 1 is 1.40 bits per heavy atom. The summed E-state index contributed by atoms with van der Waals surface area (Å²) >= 11 is 0. The minimum absolute atomic E-state index is 0.0668. The third kappa shape index (κ3) is 3.64. The summed E-state index contributed by atoms with van der Waals surface area (Å²) in [5, 5.41) is 0. The van der Waals surface area contributed by atoms with Crippen molar-refractivity contribution in [3.8, 4) is 5.88 Å². The maximum Gasteiger partial charge on any atom is 0.405 e. The van der Waals surface area contributed by atoms with Crippen LogP contribution in [0.15, 0.2) is 6.33 Å². The molecule has 0 bridgehead atoms. The molecule has 5 nitrogen and oxygen atoms in total. The number of anilines is 2. The Hall–Kier alpha value is -1.73. The summed E-state index contributed by atoms with van der Waals surface area (Å²) in [5.41, 5.74) is 5.92. The number of nitrogen functional groups attached to an aromatic ring is 1. The van der Waals surface area contributed by atoms with Gasteiger partial charge in [-0.3, -0.25) is 0 Å². The summed E-state index contributed by atoms with van der Waals surface area (Å²) < 4.78 is 43.3. The Morgan fingerprint density at radius 3 is 2.65 bits per heavy atom. The molecule has 1 aromatic heterocycles. The highest BCUT2D eigenvalue weighted by atomic mass is 19.4. The predicted octanol–water partition coefficient (Wildman–Crippen LogP) is 2.38. The van der Waals surface area contributed by atoms with Gasteiger partial charge in [-0.2, -0.15) is 18.2 Å². The molecule has 2 N–H and O–H groups in total. The minimum Gasteiger partial charge on any atom is -0.476 e. The highest BCUT2D eigenvalue weighted by molar-refractivity contribution is 5.68. The van der Waals surface area contributed by atoms with Crippen LogP contribution in [0, 0.1) is 0 Å². The van der Waals surface area contributed by atoms with E-state index in [1.165, 1.54) is 11.2 Å². The molecule has 8 heteroatoms. The molecular weight excluding hydrogens is 273 g/mol. The molecule has 1 aliphatic carbocycles. The number of aromatic nitrogens is 2. The van der Waals surface area contributed by atoms with Crippen molar-refractivity contribution in [2.45, 2.75) is 38.4 Å². The fourth-order valence-electron chi connectivity index (χ4n) is 1.87. The van der Waals surface area contributed by atoms with Crippen molar-refractivity contribution in [2.24, 2.45) is 0 Å². The summed E-state index contributed by atoms with van der Waals surface area (Å²) in [6.45, 7) is 1.26. The van der Waals surface area contributed by atoms with Crippen molar-refractivity contribution in [1.82, 2.24) is 9.97 Å². The van der Waals surface area contributed by atoms with E-state index >= 15 is 0 Å². The van der Waals surface area contributed by atoms with Crippen LogP contribution in [-0.4, -0.2) is 35.3 Å². The van der Waals surface area contributed by atoms with Gasteiger partial charge in [-0.1, -0.05) is 6.92 Å². The van der Waals surface area contributed by atoms with Gasteiger partial charge in [-0.05, 0) is 19.3 Å². The lowest BCUT2D eigenvalue weighted by molar-refractivity contribution is -0.120. The molecule has 1 heterocycles. The number of alkyl halides is 3. The number of hydrogen-bond acceptors (Lipinski definition) is 5. The van der Waals surface area contributed by atoms with Crippen LogP contribution in [0.1, 0.15) is 26.2 Å². The lowest BCUT2D eigenvalue weighted by Crippen LogP contribution is -2.37. The Balaban J connectivity index is 2.24. The largest absolute Gasteiger partial charge is 0.476 e.